The van der Waals surface area contributed by atoms with E-state index in [0.717, 1.165) is 24.9 Å². The molecule has 1 aliphatic rings. The maximum absolute atomic E-state index is 12.8. The molecule has 1 fully saturated rings. The largest absolute Gasteiger partial charge is 0.337 e. The molecule has 1 heterocycles. The van der Waals surface area contributed by atoms with Crippen molar-refractivity contribution in [2.45, 2.75) is 37.2 Å². The Balaban J connectivity index is 1.59. The molecule has 0 radical (unpaired) electrons. The number of benzene rings is 2. The van der Waals surface area contributed by atoms with Crippen LogP contribution in [0.3, 0.4) is 0 Å². The Bertz CT molecular complexity index is 1050. The minimum Gasteiger partial charge on any atom is -0.337 e. The highest BCUT2D eigenvalue weighted by Gasteiger charge is 2.25. The van der Waals surface area contributed by atoms with E-state index in [1.54, 1.807) is 24.3 Å². The van der Waals surface area contributed by atoms with E-state index in [9.17, 15) is 18.0 Å². The van der Waals surface area contributed by atoms with Gasteiger partial charge in [0.15, 0.2) is 0 Å². The molecule has 172 valence electrons. The van der Waals surface area contributed by atoms with Crippen molar-refractivity contribution in [2.75, 3.05) is 32.5 Å². The lowest BCUT2D eigenvalue weighted by atomic mass is 10.0. The van der Waals surface area contributed by atoms with Gasteiger partial charge in [-0.1, -0.05) is 12.1 Å². The van der Waals surface area contributed by atoms with Crippen LogP contribution in [-0.2, 0) is 21.4 Å². The van der Waals surface area contributed by atoms with Crippen molar-refractivity contribution in [3.8, 4) is 0 Å². The van der Waals surface area contributed by atoms with E-state index in [2.05, 4.69) is 14.9 Å². The Kier molecular flexibility index (Phi) is 7.65. The van der Waals surface area contributed by atoms with Crippen molar-refractivity contribution >= 4 is 27.5 Å². The van der Waals surface area contributed by atoms with Crippen molar-refractivity contribution in [2.24, 2.45) is 0 Å². The van der Waals surface area contributed by atoms with Crippen LogP contribution in [-0.4, -0.2) is 63.3 Å². The lowest BCUT2D eigenvalue weighted by molar-refractivity contribution is -0.114. The average molecular weight is 459 g/mol. The fourth-order valence-corrected chi connectivity index (χ4v) is 4.71. The lowest BCUT2D eigenvalue weighted by Gasteiger charge is -2.36. The summed E-state index contributed by atoms with van der Waals surface area (Å²) in [7, 11) is 0.363. The SMILES string of the molecule is CC(=O)Nc1ccc(S(=O)(=O)NCc2ccc(C(=O)N3CCCC(N(C)C)C3)cc2)cc1. The van der Waals surface area contributed by atoms with E-state index in [1.807, 2.05) is 19.0 Å². The monoisotopic (exact) mass is 458 g/mol. The van der Waals surface area contributed by atoms with E-state index in [0.29, 0.717) is 23.8 Å². The van der Waals surface area contributed by atoms with Gasteiger partial charge in [-0.3, -0.25) is 9.59 Å². The minimum absolute atomic E-state index is 0.00272. The first-order valence-electron chi connectivity index (χ1n) is 10.6. The second-order valence-corrected chi connectivity index (χ2v) is 10.0. The molecule has 2 aromatic rings. The molecule has 0 aliphatic carbocycles. The highest BCUT2D eigenvalue weighted by atomic mass is 32.2. The van der Waals surface area contributed by atoms with Gasteiger partial charge < -0.3 is 15.1 Å². The molecule has 8 nitrogen and oxygen atoms in total. The average Bonchev–Trinajstić information content (AvgIpc) is 2.77. The molecule has 0 spiro atoms. The van der Waals surface area contributed by atoms with Crippen molar-refractivity contribution in [3.63, 3.8) is 0 Å². The molecule has 2 aromatic carbocycles. The standard InChI is InChI=1S/C23H30N4O4S/c1-17(28)25-20-10-12-22(13-11-20)32(30,31)24-15-18-6-8-19(9-7-18)23(29)27-14-4-5-21(16-27)26(2)3/h6-13,21,24H,4-5,14-16H2,1-3H3,(H,25,28). The number of nitrogens with one attached hydrogen (secondary N) is 2. The number of sulfonamides is 1. The second-order valence-electron chi connectivity index (χ2n) is 8.24. The Labute approximate surface area is 189 Å². The van der Waals surface area contributed by atoms with E-state index in [4.69, 9.17) is 0 Å². The molecule has 32 heavy (non-hydrogen) atoms. The number of likely N-dealkylation sites (tertiary alicyclic amines) is 1. The summed E-state index contributed by atoms with van der Waals surface area (Å²) < 4.78 is 27.7. The molecule has 2 N–H and O–H groups in total. The third kappa shape index (κ3) is 6.15. The first-order valence-corrected chi connectivity index (χ1v) is 12.1. The fourth-order valence-electron chi connectivity index (χ4n) is 3.69. The van der Waals surface area contributed by atoms with Crippen molar-refractivity contribution in [3.05, 3.63) is 59.7 Å². The summed E-state index contributed by atoms with van der Waals surface area (Å²) in [6, 6.07) is 13.3. The van der Waals surface area contributed by atoms with Gasteiger partial charge in [0.05, 0.1) is 4.90 Å². The van der Waals surface area contributed by atoms with Crippen LogP contribution in [0.5, 0.6) is 0 Å². The van der Waals surface area contributed by atoms with E-state index >= 15 is 0 Å². The van der Waals surface area contributed by atoms with Crippen LogP contribution in [0.25, 0.3) is 0 Å². The predicted molar refractivity (Wildman–Crippen MR) is 124 cm³/mol. The van der Waals surface area contributed by atoms with Gasteiger partial charge in [0.1, 0.15) is 0 Å². The van der Waals surface area contributed by atoms with Crippen LogP contribution in [0.4, 0.5) is 5.69 Å². The van der Waals surface area contributed by atoms with Gasteiger partial charge >= 0.3 is 0 Å². The molecule has 9 heteroatoms. The molecule has 0 bridgehead atoms. The van der Waals surface area contributed by atoms with E-state index < -0.39 is 10.0 Å². The number of hydrogen-bond acceptors (Lipinski definition) is 5. The number of hydrogen-bond donors (Lipinski definition) is 2. The molecule has 3 rings (SSSR count). The Morgan fingerprint density at radius 1 is 1.06 bits per heavy atom. The topological polar surface area (TPSA) is 98.8 Å². The van der Waals surface area contributed by atoms with Crippen LogP contribution in [0, 0.1) is 0 Å². The number of rotatable bonds is 7. The van der Waals surface area contributed by atoms with Gasteiger partial charge in [-0.15, -0.1) is 0 Å². The molecule has 1 unspecified atom stereocenters. The molecule has 0 saturated carbocycles. The summed E-state index contributed by atoms with van der Waals surface area (Å²) in [6.07, 6.45) is 2.08. The van der Waals surface area contributed by atoms with Gasteiger partial charge in [-0.25, -0.2) is 13.1 Å². The second kappa shape index (κ2) is 10.2. The number of carbonyl (C=O) groups excluding carboxylic acids is 2. The first kappa shape index (κ1) is 23.9. The number of carbonyl (C=O) groups is 2. The molecule has 0 aromatic heterocycles. The highest BCUT2D eigenvalue weighted by molar-refractivity contribution is 7.89. The summed E-state index contributed by atoms with van der Waals surface area (Å²) in [4.78, 5) is 28.1. The van der Waals surface area contributed by atoms with Gasteiger partial charge in [-0.05, 0) is 68.9 Å². The zero-order chi connectivity index (χ0) is 23.3. The van der Waals surface area contributed by atoms with Crippen LogP contribution in [0.2, 0.25) is 0 Å². The summed E-state index contributed by atoms with van der Waals surface area (Å²) >= 11 is 0. The van der Waals surface area contributed by atoms with Crippen LogP contribution >= 0.6 is 0 Å². The van der Waals surface area contributed by atoms with Crippen molar-refractivity contribution in [1.29, 1.82) is 0 Å². The summed E-state index contributed by atoms with van der Waals surface area (Å²) in [5.41, 5.74) is 1.89. The van der Waals surface area contributed by atoms with Crippen LogP contribution in [0.1, 0.15) is 35.7 Å². The van der Waals surface area contributed by atoms with Gasteiger partial charge in [0.25, 0.3) is 5.91 Å². The van der Waals surface area contributed by atoms with Gasteiger partial charge in [-0.2, -0.15) is 0 Å². The third-order valence-electron chi connectivity index (χ3n) is 5.57. The fraction of sp³-hybridized carbons (Fsp3) is 0.391. The number of nitrogens with zero attached hydrogens (tertiary/aromatic N) is 2. The molecule has 1 saturated heterocycles. The van der Waals surface area contributed by atoms with Gasteiger partial charge in [0.2, 0.25) is 15.9 Å². The highest BCUT2D eigenvalue weighted by Crippen LogP contribution is 2.18. The summed E-state index contributed by atoms with van der Waals surface area (Å²) in [5, 5.41) is 2.60. The molecule has 2 amide bonds. The zero-order valence-corrected chi connectivity index (χ0v) is 19.5. The minimum atomic E-state index is -3.70. The molecular formula is C23H30N4O4S. The number of likely N-dealkylation sites (N-methyl/N-ethyl adjacent to an activating group) is 1. The Morgan fingerprint density at radius 2 is 1.72 bits per heavy atom. The maximum atomic E-state index is 12.8. The quantitative estimate of drug-likeness (QED) is 0.663. The van der Waals surface area contributed by atoms with Crippen LogP contribution in [0.15, 0.2) is 53.4 Å². The lowest BCUT2D eigenvalue weighted by Crippen LogP contribution is -2.47. The van der Waals surface area contributed by atoms with Crippen molar-refractivity contribution in [1.82, 2.24) is 14.5 Å². The van der Waals surface area contributed by atoms with Gasteiger partial charge in [0, 0.05) is 43.9 Å². The number of piperidine rings is 1. The molecule has 1 atom stereocenters. The third-order valence-corrected chi connectivity index (χ3v) is 6.98. The van der Waals surface area contributed by atoms with Crippen LogP contribution < -0.4 is 10.0 Å². The normalized spacial score (nSPS) is 16.8. The smallest absolute Gasteiger partial charge is 0.253 e. The van der Waals surface area contributed by atoms with E-state index in [-0.39, 0.29) is 23.3 Å². The number of amides is 2. The zero-order valence-electron chi connectivity index (χ0n) is 18.7. The summed E-state index contributed by atoms with van der Waals surface area (Å²) in [5.74, 6) is -0.221. The Morgan fingerprint density at radius 3 is 2.31 bits per heavy atom. The molecule has 1 aliphatic heterocycles. The molecular weight excluding hydrogens is 428 g/mol. The maximum Gasteiger partial charge on any atom is 0.253 e. The van der Waals surface area contributed by atoms with E-state index in [1.165, 1.54) is 31.2 Å². The first-order chi connectivity index (χ1) is 15.2. The Hall–Kier alpha value is -2.75. The summed E-state index contributed by atoms with van der Waals surface area (Å²) in [6.45, 7) is 2.97. The predicted octanol–water partition coefficient (Wildman–Crippen LogP) is 2.29. The van der Waals surface area contributed by atoms with Crippen molar-refractivity contribution < 1.29 is 18.0 Å². The number of anilines is 1.